The molecule has 5 heteroatoms. The molecule has 0 atom stereocenters. The van der Waals surface area contributed by atoms with Crippen LogP contribution in [0.4, 0.5) is 5.82 Å². The summed E-state index contributed by atoms with van der Waals surface area (Å²) in [6, 6.07) is 0.768. The minimum absolute atomic E-state index is 0.467. The summed E-state index contributed by atoms with van der Waals surface area (Å²) >= 11 is 0. The normalized spacial score (nSPS) is 22.1. The molecule has 110 valence electrons. The van der Waals surface area contributed by atoms with Gasteiger partial charge in [-0.15, -0.1) is 0 Å². The molecule has 0 aliphatic carbocycles. The van der Waals surface area contributed by atoms with Crippen molar-refractivity contribution >= 4 is 5.82 Å². The van der Waals surface area contributed by atoms with Crippen LogP contribution in [0.5, 0.6) is 0 Å². The number of aromatic nitrogens is 2. The second-order valence-corrected chi connectivity index (χ2v) is 5.85. The van der Waals surface area contributed by atoms with E-state index in [9.17, 15) is 0 Å². The summed E-state index contributed by atoms with van der Waals surface area (Å²) in [7, 11) is 0. The summed E-state index contributed by atoms with van der Waals surface area (Å²) in [5, 5.41) is 0. The van der Waals surface area contributed by atoms with Gasteiger partial charge in [0.05, 0.1) is 5.69 Å². The van der Waals surface area contributed by atoms with Crippen molar-refractivity contribution in [3.63, 3.8) is 0 Å². The minimum Gasteiger partial charge on any atom is -0.355 e. The summed E-state index contributed by atoms with van der Waals surface area (Å²) in [6.45, 7) is 5.21. The quantitative estimate of drug-likeness (QED) is 0.903. The molecule has 3 heterocycles. The number of nitrogens with two attached hydrogens (primary N) is 1. The fourth-order valence-corrected chi connectivity index (χ4v) is 3.49. The van der Waals surface area contributed by atoms with Crippen molar-refractivity contribution in [1.82, 2.24) is 14.9 Å². The molecule has 2 aliphatic heterocycles. The molecule has 5 nitrogen and oxygen atoms in total. The lowest BCUT2D eigenvalue weighted by atomic mass is 10.00. The third-order valence-electron chi connectivity index (χ3n) is 4.62. The first-order valence-electron chi connectivity index (χ1n) is 7.87. The van der Waals surface area contributed by atoms with E-state index in [1.165, 1.54) is 45.2 Å². The molecule has 2 aliphatic rings. The van der Waals surface area contributed by atoms with Crippen molar-refractivity contribution in [2.45, 2.75) is 44.7 Å². The maximum Gasteiger partial charge on any atom is 0.151 e. The third-order valence-corrected chi connectivity index (χ3v) is 4.62. The van der Waals surface area contributed by atoms with Gasteiger partial charge in [-0.3, -0.25) is 4.98 Å². The zero-order valence-electron chi connectivity index (χ0n) is 12.2. The first kappa shape index (κ1) is 13.8. The lowest BCUT2D eigenvalue weighted by Gasteiger charge is -2.40. The van der Waals surface area contributed by atoms with Crippen LogP contribution in [0.15, 0.2) is 12.4 Å². The fraction of sp³-hybridized carbons (Fsp3) is 0.733. The van der Waals surface area contributed by atoms with Crippen LogP contribution in [0, 0.1) is 0 Å². The highest BCUT2D eigenvalue weighted by molar-refractivity contribution is 5.43. The Morgan fingerprint density at radius 2 is 1.70 bits per heavy atom. The van der Waals surface area contributed by atoms with Crippen LogP contribution >= 0.6 is 0 Å². The van der Waals surface area contributed by atoms with Gasteiger partial charge >= 0.3 is 0 Å². The monoisotopic (exact) mass is 275 g/mol. The third kappa shape index (κ3) is 2.94. The summed E-state index contributed by atoms with van der Waals surface area (Å²) in [5.41, 5.74) is 6.68. The van der Waals surface area contributed by atoms with Gasteiger partial charge in [0.1, 0.15) is 0 Å². The van der Waals surface area contributed by atoms with Crippen LogP contribution in [-0.4, -0.2) is 47.1 Å². The molecule has 0 aromatic carbocycles. The molecule has 2 N–H and O–H groups in total. The topological polar surface area (TPSA) is 58.3 Å². The lowest BCUT2D eigenvalue weighted by Crippen LogP contribution is -2.47. The van der Waals surface area contributed by atoms with Crippen molar-refractivity contribution < 1.29 is 0 Å². The maximum atomic E-state index is 5.76. The van der Waals surface area contributed by atoms with Gasteiger partial charge in [-0.2, -0.15) is 0 Å². The van der Waals surface area contributed by atoms with Crippen LogP contribution in [0.25, 0.3) is 0 Å². The van der Waals surface area contributed by atoms with Gasteiger partial charge in [0.25, 0.3) is 0 Å². The number of rotatable bonds is 3. The van der Waals surface area contributed by atoms with Crippen LogP contribution in [0.1, 0.15) is 37.8 Å². The number of piperidine rings is 2. The van der Waals surface area contributed by atoms with Crippen LogP contribution < -0.4 is 10.6 Å². The van der Waals surface area contributed by atoms with Crippen LogP contribution in [0.3, 0.4) is 0 Å². The average Bonchev–Trinajstić information content (AvgIpc) is 2.56. The summed E-state index contributed by atoms with van der Waals surface area (Å²) < 4.78 is 0. The van der Waals surface area contributed by atoms with E-state index in [0.717, 1.165) is 30.6 Å². The van der Waals surface area contributed by atoms with E-state index in [2.05, 4.69) is 19.8 Å². The Kier molecular flexibility index (Phi) is 4.47. The Balaban J connectivity index is 1.60. The Morgan fingerprint density at radius 3 is 2.40 bits per heavy atom. The SMILES string of the molecule is NCc1nccnc1N1CCC(N2CCCCC2)CC1. The Morgan fingerprint density at radius 1 is 1.00 bits per heavy atom. The predicted octanol–water partition coefficient (Wildman–Crippen LogP) is 1.39. The predicted molar refractivity (Wildman–Crippen MR) is 80.6 cm³/mol. The number of hydrogen-bond donors (Lipinski definition) is 1. The van der Waals surface area contributed by atoms with Gasteiger partial charge in [0, 0.05) is 38.1 Å². The van der Waals surface area contributed by atoms with Gasteiger partial charge < -0.3 is 15.5 Å². The average molecular weight is 275 g/mol. The Labute approximate surface area is 121 Å². The smallest absolute Gasteiger partial charge is 0.151 e. The van der Waals surface area contributed by atoms with E-state index in [0.29, 0.717) is 6.54 Å². The number of hydrogen-bond acceptors (Lipinski definition) is 5. The Bertz CT molecular complexity index is 422. The molecule has 0 amide bonds. The van der Waals surface area contributed by atoms with Gasteiger partial charge in [0.2, 0.25) is 0 Å². The Hall–Kier alpha value is -1.20. The second kappa shape index (κ2) is 6.50. The molecule has 20 heavy (non-hydrogen) atoms. The molecule has 2 fully saturated rings. The summed E-state index contributed by atoms with van der Waals surface area (Å²) in [4.78, 5) is 13.9. The summed E-state index contributed by atoms with van der Waals surface area (Å²) in [5.74, 6) is 0.993. The second-order valence-electron chi connectivity index (χ2n) is 5.85. The zero-order chi connectivity index (χ0) is 13.8. The van der Waals surface area contributed by atoms with Gasteiger partial charge in [0.15, 0.2) is 5.82 Å². The molecular weight excluding hydrogens is 250 g/mol. The molecule has 0 saturated carbocycles. The van der Waals surface area contributed by atoms with Crippen molar-refractivity contribution in [3.05, 3.63) is 18.1 Å². The standard InChI is InChI=1S/C15H25N5/c16-12-14-15(18-7-6-17-14)20-10-4-13(5-11-20)19-8-2-1-3-9-19/h6-7,13H,1-5,8-12,16H2. The molecule has 2 saturated heterocycles. The zero-order valence-corrected chi connectivity index (χ0v) is 12.2. The highest BCUT2D eigenvalue weighted by Crippen LogP contribution is 2.24. The fourth-order valence-electron chi connectivity index (χ4n) is 3.49. The molecule has 1 aromatic rings. The van der Waals surface area contributed by atoms with Gasteiger partial charge in [-0.25, -0.2) is 4.98 Å². The van der Waals surface area contributed by atoms with E-state index >= 15 is 0 Å². The molecule has 0 unspecified atom stereocenters. The van der Waals surface area contributed by atoms with Crippen molar-refractivity contribution in [2.75, 3.05) is 31.1 Å². The molecule has 0 spiro atoms. The largest absolute Gasteiger partial charge is 0.355 e. The molecule has 1 aromatic heterocycles. The molecule has 3 rings (SSSR count). The molecular formula is C15H25N5. The van der Waals surface area contributed by atoms with Crippen LogP contribution in [0.2, 0.25) is 0 Å². The maximum absolute atomic E-state index is 5.76. The molecule has 0 radical (unpaired) electrons. The van der Waals surface area contributed by atoms with E-state index in [4.69, 9.17) is 5.73 Å². The number of likely N-dealkylation sites (tertiary alicyclic amines) is 1. The number of anilines is 1. The van der Waals surface area contributed by atoms with E-state index in [1.807, 2.05) is 0 Å². The van der Waals surface area contributed by atoms with Crippen molar-refractivity contribution in [2.24, 2.45) is 5.73 Å². The first-order chi connectivity index (χ1) is 9.88. The van der Waals surface area contributed by atoms with E-state index in [-0.39, 0.29) is 0 Å². The number of nitrogens with zero attached hydrogens (tertiary/aromatic N) is 4. The van der Waals surface area contributed by atoms with E-state index in [1.54, 1.807) is 12.4 Å². The highest BCUT2D eigenvalue weighted by Gasteiger charge is 2.26. The van der Waals surface area contributed by atoms with E-state index < -0.39 is 0 Å². The van der Waals surface area contributed by atoms with Crippen molar-refractivity contribution in [1.29, 1.82) is 0 Å². The van der Waals surface area contributed by atoms with Crippen LogP contribution in [-0.2, 0) is 6.54 Å². The minimum atomic E-state index is 0.467. The first-order valence-corrected chi connectivity index (χ1v) is 7.87. The lowest BCUT2D eigenvalue weighted by molar-refractivity contribution is 0.141. The van der Waals surface area contributed by atoms with Gasteiger partial charge in [-0.05, 0) is 38.8 Å². The summed E-state index contributed by atoms with van der Waals surface area (Å²) in [6.07, 6.45) is 10.1. The molecule has 0 bridgehead atoms. The van der Waals surface area contributed by atoms with Crippen molar-refractivity contribution in [3.8, 4) is 0 Å². The highest BCUT2D eigenvalue weighted by atomic mass is 15.2. The van der Waals surface area contributed by atoms with Gasteiger partial charge in [-0.1, -0.05) is 6.42 Å².